The number of aryl methyl sites for hydroxylation is 1. The Hall–Kier alpha value is -2.30. The molecule has 10 heteroatoms. The van der Waals surface area contributed by atoms with Crippen molar-refractivity contribution in [3.8, 4) is 11.5 Å². The molecule has 0 bridgehead atoms. The molecule has 0 radical (unpaired) electrons. The van der Waals surface area contributed by atoms with Crippen molar-refractivity contribution in [2.75, 3.05) is 44.5 Å². The van der Waals surface area contributed by atoms with Crippen molar-refractivity contribution in [3.05, 3.63) is 39.9 Å². The summed E-state index contributed by atoms with van der Waals surface area (Å²) in [5.74, 6) is 0.903. The second-order valence-corrected chi connectivity index (χ2v) is 10.1. The van der Waals surface area contributed by atoms with Crippen LogP contribution in [0.4, 0.5) is 11.4 Å². The van der Waals surface area contributed by atoms with Gasteiger partial charge in [-0.1, -0.05) is 0 Å². The summed E-state index contributed by atoms with van der Waals surface area (Å²) in [6.45, 7) is 4.61. The standard InChI is InChI=1S/C20H24BrN3O5S/c1-12-7-14(30(26,27)24(3)4)8-16(13(12)2)22-11-20(25)23-17-10-19-18(9-15(17)21)28-5-6-29-19/h7-10,22H,5-6,11H2,1-4H3,(H,23,25). The normalized spacial score (nSPS) is 13.3. The van der Waals surface area contributed by atoms with E-state index in [-0.39, 0.29) is 17.3 Å². The number of hydrogen-bond donors (Lipinski definition) is 2. The molecule has 2 N–H and O–H groups in total. The van der Waals surface area contributed by atoms with Crippen molar-refractivity contribution in [1.29, 1.82) is 0 Å². The summed E-state index contributed by atoms with van der Waals surface area (Å²) in [5.41, 5.74) is 2.84. The highest BCUT2D eigenvalue weighted by molar-refractivity contribution is 9.10. The fraction of sp³-hybridized carbons (Fsp3) is 0.350. The monoisotopic (exact) mass is 497 g/mol. The molecular formula is C20H24BrN3O5S. The predicted octanol–water partition coefficient (Wildman–Crippen LogP) is 3.14. The molecular weight excluding hydrogens is 474 g/mol. The summed E-state index contributed by atoms with van der Waals surface area (Å²) >= 11 is 3.42. The smallest absolute Gasteiger partial charge is 0.243 e. The number of anilines is 2. The van der Waals surface area contributed by atoms with Gasteiger partial charge in [-0.25, -0.2) is 12.7 Å². The minimum absolute atomic E-state index is 0.0351. The molecule has 1 heterocycles. The van der Waals surface area contributed by atoms with Crippen LogP contribution in [0.1, 0.15) is 11.1 Å². The van der Waals surface area contributed by atoms with Crippen LogP contribution in [0.3, 0.4) is 0 Å². The first-order chi connectivity index (χ1) is 14.1. The number of hydrogen-bond acceptors (Lipinski definition) is 6. The van der Waals surface area contributed by atoms with E-state index in [0.29, 0.717) is 40.6 Å². The van der Waals surface area contributed by atoms with Crippen LogP contribution >= 0.6 is 15.9 Å². The van der Waals surface area contributed by atoms with Crippen LogP contribution in [0.5, 0.6) is 11.5 Å². The molecule has 0 spiro atoms. The lowest BCUT2D eigenvalue weighted by atomic mass is 10.1. The Bertz CT molecular complexity index is 1090. The molecule has 0 unspecified atom stereocenters. The van der Waals surface area contributed by atoms with Crippen LogP contribution in [-0.2, 0) is 14.8 Å². The zero-order valence-corrected chi connectivity index (χ0v) is 19.6. The van der Waals surface area contributed by atoms with E-state index < -0.39 is 10.0 Å². The number of sulfonamides is 1. The van der Waals surface area contributed by atoms with Crippen molar-refractivity contribution in [3.63, 3.8) is 0 Å². The molecule has 1 aliphatic rings. The molecule has 0 saturated heterocycles. The molecule has 8 nitrogen and oxygen atoms in total. The number of nitrogens with zero attached hydrogens (tertiary/aromatic N) is 1. The fourth-order valence-corrected chi connectivity index (χ4v) is 4.33. The second-order valence-electron chi connectivity index (χ2n) is 7.08. The molecule has 0 aliphatic carbocycles. The van der Waals surface area contributed by atoms with E-state index in [4.69, 9.17) is 9.47 Å². The van der Waals surface area contributed by atoms with Gasteiger partial charge in [0.15, 0.2) is 11.5 Å². The molecule has 1 aliphatic heterocycles. The highest BCUT2D eigenvalue weighted by Gasteiger charge is 2.20. The minimum Gasteiger partial charge on any atom is -0.486 e. The Morgan fingerprint density at radius 3 is 2.33 bits per heavy atom. The molecule has 30 heavy (non-hydrogen) atoms. The number of carbonyl (C=O) groups is 1. The predicted molar refractivity (Wildman–Crippen MR) is 119 cm³/mol. The second kappa shape index (κ2) is 8.83. The number of benzene rings is 2. The maximum atomic E-state index is 12.5. The number of halogens is 1. The molecule has 0 atom stereocenters. The third-order valence-corrected chi connectivity index (χ3v) is 7.21. The fourth-order valence-electron chi connectivity index (χ4n) is 2.90. The Morgan fingerprint density at radius 1 is 1.07 bits per heavy atom. The Kier molecular flexibility index (Phi) is 6.59. The average Bonchev–Trinajstić information content (AvgIpc) is 2.69. The van der Waals surface area contributed by atoms with Gasteiger partial charge in [-0.2, -0.15) is 0 Å². The Labute approximate surface area is 184 Å². The summed E-state index contributed by atoms with van der Waals surface area (Å²) < 4.78 is 37.8. The highest BCUT2D eigenvalue weighted by Crippen LogP contribution is 2.38. The van der Waals surface area contributed by atoms with Gasteiger partial charge < -0.3 is 20.1 Å². The van der Waals surface area contributed by atoms with E-state index in [2.05, 4.69) is 26.6 Å². The minimum atomic E-state index is -3.58. The van der Waals surface area contributed by atoms with Crippen molar-refractivity contribution >= 4 is 43.2 Å². The molecule has 0 fully saturated rings. The van der Waals surface area contributed by atoms with Gasteiger partial charge in [0.25, 0.3) is 0 Å². The highest BCUT2D eigenvalue weighted by atomic mass is 79.9. The van der Waals surface area contributed by atoms with E-state index in [0.717, 1.165) is 15.4 Å². The summed E-state index contributed by atoms with van der Waals surface area (Å²) in [5, 5.41) is 5.86. The molecule has 3 rings (SSSR count). The Morgan fingerprint density at radius 2 is 1.70 bits per heavy atom. The zero-order valence-electron chi connectivity index (χ0n) is 17.2. The van der Waals surface area contributed by atoms with Gasteiger partial charge in [0, 0.05) is 36.4 Å². The molecule has 2 aromatic rings. The largest absolute Gasteiger partial charge is 0.486 e. The molecule has 162 valence electrons. The van der Waals surface area contributed by atoms with Gasteiger partial charge in [-0.15, -0.1) is 0 Å². The van der Waals surface area contributed by atoms with Gasteiger partial charge in [-0.05, 0) is 53.0 Å². The SMILES string of the molecule is Cc1cc(S(=O)(=O)N(C)C)cc(NCC(=O)Nc2cc3c(cc2Br)OCCO3)c1C. The van der Waals surface area contributed by atoms with Gasteiger partial charge in [0.1, 0.15) is 13.2 Å². The third kappa shape index (κ3) is 4.71. The molecule has 1 amide bonds. The van der Waals surface area contributed by atoms with Crippen LogP contribution in [0.15, 0.2) is 33.6 Å². The van der Waals surface area contributed by atoms with E-state index >= 15 is 0 Å². The summed E-state index contributed by atoms with van der Waals surface area (Å²) in [7, 11) is -0.615. The van der Waals surface area contributed by atoms with Crippen LogP contribution in [0.2, 0.25) is 0 Å². The number of carbonyl (C=O) groups excluding carboxylic acids is 1. The summed E-state index contributed by atoms with van der Waals surface area (Å²) in [6.07, 6.45) is 0. The van der Waals surface area contributed by atoms with Crippen LogP contribution < -0.4 is 20.1 Å². The van der Waals surface area contributed by atoms with Crippen molar-refractivity contribution in [1.82, 2.24) is 4.31 Å². The summed E-state index contributed by atoms with van der Waals surface area (Å²) in [4.78, 5) is 12.7. The van der Waals surface area contributed by atoms with E-state index in [1.807, 2.05) is 13.8 Å². The first-order valence-electron chi connectivity index (χ1n) is 9.26. The van der Waals surface area contributed by atoms with Crippen LogP contribution in [-0.4, -0.2) is 52.5 Å². The first kappa shape index (κ1) is 22.4. The number of rotatable bonds is 6. The maximum Gasteiger partial charge on any atom is 0.243 e. The van der Waals surface area contributed by atoms with Crippen molar-refractivity contribution in [2.45, 2.75) is 18.7 Å². The van der Waals surface area contributed by atoms with Gasteiger partial charge in [0.2, 0.25) is 15.9 Å². The third-order valence-electron chi connectivity index (χ3n) is 4.76. The van der Waals surface area contributed by atoms with Gasteiger partial charge in [0.05, 0.1) is 17.1 Å². The lowest BCUT2D eigenvalue weighted by Crippen LogP contribution is -2.24. The lowest BCUT2D eigenvalue weighted by Gasteiger charge is -2.20. The number of ether oxygens (including phenoxy) is 2. The quantitative estimate of drug-likeness (QED) is 0.636. The van der Waals surface area contributed by atoms with Crippen LogP contribution in [0.25, 0.3) is 0 Å². The van der Waals surface area contributed by atoms with E-state index in [1.54, 1.807) is 24.3 Å². The van der Waals surface area contributed by atoms with Gasteiger partial charge in [-0.3, -0.25) is 4.79 Å². The molecule has 2 aromatic carbocycles. The maximum absolute atomic E-state index is 12.5. The van der Waals surface area contributed by atoms with Gasteiger partial charge >= 0.3 is 0 Å². The first-order valence-corrected chi connectivity index (χ1v) is 11.5. The van der Waals surface area contributed by atoms with E-state index in [9.17, 15) is 13.2 Å². The zero-order chi connectivity index (χ0) is 22.1. The number of nitrogens with one attached hydrogen (secondary N) is 2. The van der Waals surface area contributed by atoms with E-state index in [1.165, 1.54) is 14.1 Å². The lowest BCUT2D eigenvalue weighted by molar-refractivity contribution is -0.114. The van der Waals surface area contributed by atoms with Crippen molar-refractivity contribution < 1.29 is 22.7 Å². The number of amides is 1. The Balaban J connectivity index is 1.74. The molecule has 0 saturated carbocycles. The topological polar surface area (TPSA) is 97.0 Å². The van der Waals surface area contributed by atoms with Crippen molar-refractivity contribution in [2.24, 2.45) is 0 Å². The van der Waals surface area contributed by atoms with Crippen LogP contribution in [0, 0.1) is 13.8 Å². The number of fused-ring (bicyclic) bond motifs is 1. The average molecular weight is 498 g/mol. The molecule has 0 aromatic heterocycles. The summed E-state index contributed by atoms with van der Waals surface area (Å²) in [6, 6.07) is 6.63.